The van der Waals surface area contributed by atoms with E-state index in [9.17, 15) is 5.11 Å². The zero-order chi connectivity index (χ0) is 10.6. The first-order valence-corrected chi connectivity index (χ1v) is 4.25. The van der Waals surface area contributed by atoms with Crippen molar-refractivity contribution in [2.75, 3.05) is 0 Å². The van der Waals surface area contributed by atoms with Crippen LogP contribution in [0.5, 0.6) is 5.75 Å². The molecule has 0 unspecified atom stereocenters. The summed E-state index contributed by atoms with van der Waals surface area (Å²) in [6.45, 7) is 5.56. The summed E-state index contributed by atoms with van der Waals surface area (Å²) >= 11 is 0. The van der Waals surface area contributed by atoms with E-state index in [1.165, 1.54) is 0 Å². The number of hydrogen-bond donors (Lipinski definition) is 1. The molecule has 1 N–H and O–H groups in total. The smallest absolute Gasteiger partial charge is 0.133 e. The molecule has 0 saturated carbocycles. The van der Waals surface area contributed by atoms with E-state index in [1.54, 1.807) is 24.3 Å². The summed E-state index contributed by atoms with van der Waals surface area (Å²) in [5, 5.41) is 18.1. The van der Waals surface area contributed by atoms with Crippen LogP contribution in [0.4, 0.5) is 0 Å². The average molecular weight is 185 g/mol. The Balaban J connectivity index is 3.22. The largest absolute Gasteiger partial charge is 0.507 e. The van der Waals surface area contributed by atoms with Crippen LogP contribution < -0.4 is 0 Å². The maximum Gasteiger partial charge on any atom is 0.133 e. The fourth-order valence-corrected chi connectivity index (χ4v) is 1.21. The van der Waals surface area contributed by atoms with Gasteiger partial charge in [-0.15, -0.1) is 0 Å². The minimum atomic E-state index is 0.00574. The van der Waals surface area contributed by atoms with E-state index >= 15 is 0 Å². The van der Waals surface area contributed by atoms with E-state index in [1.807, 2.05) is 19.1 Å². The minimum absolute atomic E-state index is 0.00574. The monoisotopic (exact) mass is 185 g/mol. The number of phenolic OH excluding ortho intramolecular Hbond substituents is 1. The first kappa shape index (κ1) is 10.1. The Labute approximate surface area is 83.4 Å². The maximum atomic E-state index is 9.45. The van der Waals surface area contributed by atoms with Crippen LogP contribution in [-0.4, -0.2) is 5.11 Å². The molecule has 0 heterocycles. The highest BCUT2D eigenvalue weighted by molar-refractivity contribution is 5.74. The van der Waals surface area contributed by atoms with E-state index < -0.39 is 0 Å². The molecule has 2 nitrogen and oxygen atoms in total. The third-order valence-electron chi connectivity index (χ3n) is 1.98. The molecule has 14 heavy (non-hydrogen) atoms. The Morgan fingerprint density at radius 1 is 1.57 bits per heavy atom. The summed E-state index contributed by atoms with van der Waals surface area (Å²) in [4.78, 5) is 0. The molecule has 0 saturated heterocycles. The molecule has 0 fully saturated rings. The number of aromatic hydroxyl groups is 1. The van der Waals surface area contributed by atoms with E-state index in [2.05, 4.69) is 6.58 Å². The third-order valence-corrected chi connectivity index (χ3v) is 1.98. The Morgan fingerprint density at radius 2 is 2.29 bits per heavy atom. The van der Waals surface area contributed by atoms with Crippen molar-refractivity contribution in [3.8, 4) is 11.8 Å². The van der Waals surface area contributed by atoms with Gasteiger partial charge in [-0.3, -0.25) is 0 Å². The molecule has 1 aromatic carbocycles. The topological polar surface area (TPSA) is 44.0 Å². The van der Waals surface area contributed by atoms with Crippen LogP contribution in [0, 0.1) is 11.3 Å². The van der Waals surface area contributed by atoms with Gasteiger partial charge in [-0.05, 0) is 30.2 Å². The Morgan fingerprint density at radius 3 is 2.71 bits per heavy atom. The van der Waals surface area contributed by atoms with Gasteiger partial charge in [0.05, 0.1) is 5.56 Å². The normalized spacial score (nSPS) is 10.7. The summed E-state index contributed by atoms with van der Waals surface area (Å²) in [6.07, 6.45) is 3.61. The first-order valence-electron chi connectivity index (χ1n) is 4.25. The number of nitriles is 1. The summed E-state index contributed by atoms with van der Waals surface area (Å²) in [6, 6.07) is 6.85. The molecule has 0 aliphatic heterocycles. The molecule has 0 bridgehead atoms. The van der Waals surface area contributed by atoms with Crippen molar-refractivity contribution in [3.63, 3.8) is 0 Å². The Hall–Kier alpha value is -2.01. The molecule has 70 valence electrons. The molecular weight excluding hydrogens is 174 g/mol. The lowest BCUT2D eigenvalue weighted by molar-refractivity contribution is 0.473. The molecule has 1 rings (SSSR count). The predicted molar refractivity (Wildman–Crippen MR) is 56.7 cm³/mol. The van der Waals surface area contributed by atoms with Crippen LogP contribution in [0.15, 0.2) is 36.9 Å². The van der Waals surface area contributed by atoms with E-state index in [-0.39, 0.29) is 11.3 Å². The molecule has 0 aliphatic carbocycles. The zero-order valence-electron chi connectivity index (χ0n) is 7.99. The predicted octanol–water partition coefficient (Wildman–Crippen LogP) is 2.85. The second kappa shape index (κ2) is 4.29. The second-order valence-electron chi connectivity index (χ2n) is 2.79. The molecule has 0 aliphatic rings. The van der Waals surface area contributed by atoms with Crippen molar-refractivity contribution in [2.24, 2.45) is 0 Å². The molecule has 1 aromatic rings. The lowest BCUT2D eigenvalue weighted by Gasteiger charge is -2.03. The van der Waals surface area contributed by atoms with Crippen molar-refractivity contribution < 1.29 is 5.11 Å². The number of benzene rings is 1. The van der Waals surface area contributed by atoms with Crippen LogP contribution >= 0.6 is 0 Å². The third kappa shape index (κ3) is 1.83. The van der Waals surface area contributed by atoms with E-state index in [0.29, 0.717) is 0 Å². The fraction of sp³-hybridized carbons (Fsp3) is 0.0833. The van der Waals surface area contributed by atoms with Crippen molar-refractivity contribution in [1.29, 1.82) is 5.26 Å². The number of nitrogens with zero attached hydrogens (tertiary/aromatic N) is 1. The van der Waals surface area contributed by atoms with Gasteiger partial charge < -0.3 is 5.11 Å². The van der Waals surface area contributed by atoms with Gasteiger partial charge in [0.1, 0.15) is 11.8 Å². The van der Waals surface area contributed by atoms with Gasteiger partial charge in [-0.2, -0.15) is 5.26 Å². The lowest BCUT2D eigenvalue weighted by Crippen LogP contribution is -1.82. The Bertz CT molecular complexity index is 424. The Kier molecular flexibility index (Phi) is 3.09. The fourth-order valence-electron chi connectivity index (χ4n) is 1.21. The quantitative estimate of drug-likeness (QED) is 0.720. The van der Waals surface area contributed by atoms with Crippen molar-refractivity contribution in [2.45, 2.75) is 6.92 Å². The molecule has 0 radical (unpaired) electrons. The first-order chi connectivity index (χ1) is 6.72. The molecule has 0 aromatic heterocycles. The van der Waals surface area contributed by atoms with Crippen molar-refractivity contribution in [1.82, 2.24) is 0 Å². The van der Waals surface area contributed by atoms with Crippen LogP contribution in [0.25, 0.3) is 5.57 Å². The molecule has 0 spiro atoms. The van der Waals surface area contributed by atoms with Crippen LogP contribution in [0.2, 0.25) is 0 Å². The summed E-state index contributed by atoms with van der Waals surface area (Å²) in [5.74, 6) is 0.00574. The second-order valence-corrected chi connectivity index (χ2v) is 2.79. The molecule has 0 atom stereocenters. The lowest BCUT2D eigenvalue weighted by atomic mass is 10.0. The van der Waals surface area contributed by atoms with Crippen LogP contribution in [-0.2, 0) is 0 Å². The van der Waals surface area contributed by atoms with Gasteiger partial charge in [-0.1, -0.05) is 24.8 Å². The minimum Gasteiger partial charge on any atom is -0.507 e. The molecule has 0 amide bonds. The van der Waals surface area contributed by atoms with Gasteiger partial charge in [0.25, 0.3) is 0 Å². The highest BCUT2D eigenvalue weighted by Crippen LogP contribution is 2.23. The van der Waals surface area contributed by atoms with Crippen molar-refractivity contribution in [3.05, 3.63) is 48.1 Å². The molecular formula is C12H11NO. The van der Waals surface area contributed by atoms with Crippen LogP contribution in [0.1, 0.15) is 18.1 Å². The SMILES string of the molecule is C=C/C(=C\C)c1ccc(C#N)c(O)c1. The van der Waals surface area contributed by atoms with E-state index in [4.69, 9.17) is 5.26 Å². The van der Waals surface area contributed by atoms with Gasteiger partial charge in [0, 0.05) is 0 Å². The van der Waals surface area contributed by atoms with Gasteiger partial charge in [0.15, 0.2) is 0 Å². The van der Waals surface area contributed by atoms with Crippen molar-refractivity contribution >= 4 is 5.57 Å². The highest BCUT2D eigenvalue weighted by atomic mass is 16.3. The molecule has 2 heteroatoms. The standard InChI is InChI=1S/C12H11NO/c1-3-9(4-2)10-5-6-11(8-13)12(14)7-10/h3-7,14H,1H2,2H3/b9-4+. The van der Waals surface area contributed by atoms with Crippen LogP contribution in [0.3, 0.4) is 0 Å². The zero-order valence-corrected chi connectivity index (χ0v) is 7.99. The van der Waals surface area contributed by atoms with E-state index in [0.717, 1.165) is 11.1 Å². The van der Waals surface area contributed by atoms with Gasteiger partial charge >= 0.3 is 0 Å². The maximum absolute atomic E-state index is 9.45. The summed E-state index contributed by atoms with van der Waals surface area (Å²) < 4.78 is 0. The summed E-state index contributed by atoms with van der Waals surface area (Å²) in [7, 11) is 0. The number of hydrogen-bond acceptors (Lipinski definition) is 2. The average Bonchev–Trinajstić information content (AvgIpc) is 2.20. The highest BCUT2D eigenvalue weighted by Gasteiger charge is 2.02. The number of allylic oxidation sites excluding steroid dienone is 3. The van der Waals surface area contributed by atoms with Gasteiger partial charge in [0.2, 0.25) is 0 Å². The number of rotatable bonds is 2. The van der Waals surface area contributed by atoms with Gasteiger partial charge in [-0.25, -0.2) is 0 Å². The summed E-state index contributed by atoms with van der Waals surface area (Å²) in [5.41, 5.74) is 2.08. The number of phenols is 1.